The van der Waals surface area contributed by atoms with E-state index in [4.69, 9.17) is 14.2 Å². The molecule has 0 bridgehead atoms. The van der Waals surface area contributed by atoms with Gasteiger partial charge in [-0.05, 0) is 31.8 Å². The van der Waals surface area contributed by atoms with E-state index >= 15 is 0 Å². The summed E-state index contributed by atoms with van der Waals surface area (Å²) in [5, 5.41) is 11.5. The van der Waals surface area contributed by atoms with Crippen molar-refractivity contribution < 1.29 is 32.9 Å². The predicted molar refractivity (Wildman–Crippen MR) is 131 cm³/mol. The van der Waals surface area contributed by atoms with Crippen LogP contribution in [0.25, 0.3) is 0 Å². The van der Waals surface area contributed by atoms with E-state index in [1.54, 1.807) is 0 Å². The molecule has 0 saturated carbocycles. The van der Waals surface area contributed by atoms with E-state index in [1.165, 1.54) is 12.0 Å². The summed E-state index contributed by atoms with van der Waals surface area (Å²) in [6.07, 6.45) is 0. The smallest absolute Gasteiger partial charge is 0.248 e. The summed E-state index contributed by atoms with van der Waals surface area (Å²) in [5.41, 5.74) is -0.458. The van der Waals surface area contributed by atoms with Gasteiger partial charge in [-0.25, -0.2) is 8.78 Å². The van der Waals surface area contributed by atoms with Crippen molar-refractivity contribution in [3.05, 3.63) is 59.7 Å². The molecule has 1 unspecified atom stereocenters. The number of likely N-dealkylation sites (N-methyl/N-ethyl adjacent to an activating group) is 1. The highest BCUT2D eigenvalue weighted by atomic mass is 19.1. The summed E-state index contributed by atoms with van der Waals surface area (Å²) in [6.45, 7) is 2.69. The molecule has 1 saturated heterocycles. The fourth-order valence-electron chi connectivity index (χ4n) is 4.02. The van der Waals surface area contributed by atoms with E-state index in [-0.39, 0.29) is 38.0 Å². The number of nitrogens with zero attached hydrogens (tertiary/aromatic N) is 3. The first kappa shape index (κ1) is 27.8. The molecule has 36 heavy (non-hydrogen) atoms. The van der Waals surface area contributed by atoms with Crippen molar-refractivity contribution in [1.82, 2.24) is 14.7 Å². The lowest BCUT2D eigenvalue weighted by Crippen LogP contribution is -2.52. The average molecular weight is 508 g/mol. The number of amides is 1. The van der Waals surface area contributed by atoms with Gasteiger partial charge in [0.15, 0.2) is 0 Å². The summed E-state index contributed by atoms with van der Waals surface area (Å²) in [7, 11) is 5.41. The number of methoxy groups -OCH3 is 1. The maximum atomic E-state index is 13.6. The highest BCUT2D eigenvalue weighted by Crippen LogP contribution is 2.22. The van der Waals surface area contributed by atoms with Crippen LogP contribution >= 0.6 is 0 Å². The van der Waals surface area contributed by atoms with Crippen molar-refractivity contribution in [2.45, 2.75) is 12.1 Å². The van der Waals surface area contributed by atoms with Gasteiger partial charge in [-0.1, -0.05) is 12.1 Å². The molecule has 10 heteroatoms. The van der Waals surface area contributed by atoms with E-state index in [2.05, 4.69) is 0 Å². The third-order valence-corrected chi connectivity index (χ3v) is 5.79. The lowest BCUT2D eigenvalue weighted by molar-refractivity contribution is -0.138. The van der Waals surface area contributed by atoms with Crippen molar-refractivity contribution in [2.75, 3.05) is 73.7 Å². The molecule has 1 N–H and O–H groups in total. The Kier molecular flexibility index (Phi) is 10.0. The zero-order valence-corrected chi connectivity index (χ0v) is 21.1. The number of benzene rings is 2. The first-order chi connectivity index (χ1) is 17.2. The van der Waals surface area contributed by atoms with Crippen LogP contribution in [-0.4, -0.2) is 105 Å². The monoisotopic (exact) mass is 507 g/mol. The summed E-state index contributed by atoms with van der Waals surface area (Å²) in [4.78, 5) is 18.1. The predicted octanol–water partition coefficient (Wildman–Crippen LogP) is 2.01. The van der Waals surface area contributed by atoms with Gasteiger partial charge in [0.2, 0.25) is 5.91 Å². The molecule has 1 aliphatic rings. The van der Waals surface area contributed by atoms with E-state index in [1.807, 2.05) is 48.2 Å². The molecular formula is C26H35F2N3O5. The number of hydrogen-bond acceptors (Lipinski definition) is 7. The topological polar surface area (TPSA) is 74.7 Å². The van der Waals surface area contributed by atoms with Crippen LogP contribution in [0, 0.1) is 11.6 Å². The second kappa shape index (κ2) is 13.0. The van der Waals surface area contributed by atoms with Crippen LogP contribution in [0.15, 0.2) is 42.5 Å². The molecule has 2 aromatic carbocycles. The molecular weight excluding hydrogens is 472 g/mol. The maximum absolute atomic E-state index is 13.6. The van der Waals surface area contributed by atoms with Gasteiger partial charge >= 0.3 is 0 Å². The molecule has 0 aliphatic carbocycles. The second-order valence-corrected chi connectivity index (χ2v) is 9.37. The van der Waals surface area contributed by atoms with Crippen molar-refractivity contribution in [3.8, 4) is 11.5 Å². The van der Waals surface area contributed by atoms with E-state index in [9.17, 15) is 18.7 Å². The van der Waals surface area contributed by atoms with Crippen molar-refractivity contribution >= 4 is 5.91 Å². The zero-order valence-electron chi connectivity index (χ0n) is 21.1. The number of carbonyl (C=O) groups is 1. The lowest BCUT2D eigenvalue weighted by atomic mass is 10.0. The highest BCUT2D eigenvalue weighted by molar-refractivity contribution is 5.77. The van der Waals surface area contributed by atoms with Gasteiger partial charge in [0, 0.05) is 58.0 Å². The Hall–Kier alpha value is -2.79. The molecule has 1 heterocycles. The number of β-amino-alcohol motifs (C(OH)–C–C–N with tert-alkyl or cyclic N) is 1. The fourth-order valence-corrected chi connectivity index (χ4v) is 4.02. The summed E-state index contributed by atoms with van der Waals surface area (Å²) < 4.78 is 43.5. The molecule has 3 rings (SSSR count). The van der Waals surface area contributed by atoms with E-state index in [0.717, 1.165) is 36.1 Å². The van der Waals surface area contributed by atoms with Crippen LogP contribution in [-0.2, 0) is 16.1 Å². The molecule has 198 valence electrons. The normalized spacial score (nSPS) is 18.8. The first-order valence-electron chi connectivity index (χ1n) is 11.8. The van der Waals surface area contributed by atoms with E-state index in [0.29, 0.717) is 26.2 Å². The van der Waals surface area contributed by atoms with Gasteiger partial charge in [-0.15, -0.1) is 0 Å². The zero-order chi connectivity index (χ0) is 26.1. The Morgan fingerprint density at radius 1 is 1.03 bits per heavy atom. The number of rotatable bonds is 11. The minimum atomic E-state index is -1.47. The minimum Gasteiger partial charge on any atom is -0.492 e. The number of carbonyl (C=O) groups excluding carboxylic acids is 1. The third-order valence-electron chi connectivity index (χ3n) is 5.79. The molecule has 1 aliphatic heterocycles. The van der Waals surface area contributed by atoms with Crippen LogP contribution in [0.5, 0.6) is 11.5 Å². The third kappa shape index (κ3) is 8.70. The molecule has 0 spiro atoms. The molecule has 1 fully saturated rings. The van der Waals surface area contributed by atoms with Crippen molar-refractivity contribution in [3.63, 3.8) is 0 Å². The SMILES string of the molecule is COCC(=O)N1CCN(Cc2ccc(OCCN(C)C)cc2)CC(O)(COc2cc(F)cc(F)c2)C1. The summed E-state index contributed by atoms with van der Waals surface area (Å²) >= 11 is 0. The van der Waals surface area contributed by atoms with Gasteiger partial charge < -0.3 is 29.1 Å². The van der Waals surface area contributed by atoms with Gasteiger partial charge in [0.05, 0.1) is 6.54 Å². The Labute approximate surface area is 210 Å². The van der Waals surface area contributed by atoms with Crippen molar-refractivity contribution in [2.24, 2.45) is 0 Å². The van der Waals surface area contributed by atoms with Gasteiger partial charge in [-0.2, -0.15) is 0 Å². The van der Waals surface area contributed by atoms with Crippen LogP contribution < -0.4 is 9.47 Å². The lowest BCUT2D eigenvalue weighted by Gasteiger charge is -2.33. The number of aliphatic hydroxyl groups is 1. The number of halogens is 2. The number of ether oxygens (including phenoxy) is 3. The quantitative estimate of drug-likeness (QED) is 0.499. The Bertz CT molecular complexity index is 972. The van der Waals surface area contributed by atoms with Gasteiger partial charge in [0.1, 0.15) is 48.6 Å². The van der Waals surface area contributed by atoms with Gasteiger partial charge in [0.25, 0.3) is 0 Å². The first-order valence-corrected chi connectivity index (χ1v) is 11.8. The molecule has 2 aromatic rings. The average Bonchev–Trinajstić information content (AvgIpc) is 2.97. The van der Waals surface area contributed by atoms with Crippen LogP contribution in [0.2, 0.25) is 0 Å². The maximum Gasteiger partial charge on any atom is 0.248 e. The minimum absolute atomic E-state index is 0.00213. The molecule has 1 amide bonds. The Balaban J connectivity index is 1.69. The second-order valence-electron chi connectivity index (χ2n) is 9.37. The number of hydrogen-bond donors (Lipinski definition) is 1. The largest absolute Gasteiger partial charge is 0.492 e. The summed E-state index contributed by atoms with van der Waals surface area (Å²) in [6, 6.07) is 10.6. The molecule has 0 aromatic heterocycles. The standard InChI is InChI=1S/C26H35F2N3O5/c1-29(2)10-11-35-23-6-4-20(5-7-23)15-30-8-9-31(25(32)16-34-3)18-26(33,17-30)19-36-24-13-21(27)12-22(28)14-24/h4-7,12-14,33H,8-11,15-19H2,1-3H3. The van der Waals surface area contributed by atoms with E-state index < -0.39 is 17.2 Å². The fraction of sp³-hybridized carbons (Fsp3) is 0.500. The van der Waals surface area contributed by atoms with Gasteiger partial charge in [-0.3, -0.25) is 9.69 Å². The van der Waals surface area contributed by atoms with Crippen LogP contribution in [0.3, 0.4) is 0 Å². The van der Waals surface area contributed by atoms with Crippen LogP contribution in [0.1, 0.15) is 5.56 Å². The van der Waals surface area contributed by atoms with Crippen molar-refractivity contribution in [1.29, 1.82) is 0 Å². The molecule has 0 radical (unpaired) electrons. The molecule has 1 atom stereocenters. The summed E-state index contributed by atoms with van der Waals surface area (Å²) in [5.74, 6) is -1.05. The molecule has 8 nitrogen and oxygen atoms in total. The highest BCUT2D eigenvalue weighted by Gasteiger charge is 2.37. The Morgan fingerprint density at radius 3 is 2.36 bits per heavy atom. The Morgan fingerprint density at radius 2 is 1.72 bits per heavy atom. The van der Waals surface area contributed by atoms with Crippen LogP contribution in [0.4, 0.5) is 8.78 Å².